The first-order valence-corrected chi connectivity index (χ1v) is 19.0. The molecule has 3 nitrogen and oxygen atoms in total. The van der Waals surface area contributed by atoms with E-state index in [1.54, 1.807) is 0 Å². The monoisotopic (exact) mass is 704 g/mol. The van der Waals surface area contributed by atoms with Gasteiger partial charge in [-0.2, -0.15) is 0 Å². The number of anilines is 6. The minimum Gasteiger partial charge on any atom is -0.345 e. The maximum Gasteiger partial charge on any atom is 0.257 e. The molecule has 0 saturated carbocycles. The smallest absolute Gasteiger partial charge is 0.257 e. The SMILES string of the molecule is [2H]c1cc(-c2cccc(-c3cc4c5c(c3)N(C)c3cccc6c3B5c3c(cccc3N4C)N6C)c2)cc(-c2cc(-c3ccccc3)cc(-c3ccccc3)c2)c1. The zero-order chi connectivity index (χ0) is 37.7. The van der Waals surface area contributed by atoms with Crippen molar-refractivity contribution in [3.8, 4) is 55.6 Å². The summed E-state index contributed by atoms with van der Waals surface area (Å²) in [5.41, 5.74) is 23.0. The van der Waals surface area contributed by atoms with Gasteiger partial charge in [0.25, 0.3) is 6.71 Å². The molecule has 0 saturated heterocycles. The molecule has 0 aromatic heterocycles. The van der Waals surface area contributed by atoms with Gasteiger partial charge in [0.15, 0.2) is 0 Å². The van der Waals surface area contributed by atoms with E-state index in [9.17, 15) is 0 Å². The molecule has 0 fully saturated rings. The molecule has 3 aliphatic rings. The lowest BCUT2D eigenvalue weighted by molar-refractivity contribution is 1.15. The minimum atomic E-state index is 0.183. The molecule has 11 rings (SSSR count). The Bertz CT molecular complexity index is 2750. The Hall–Kier alpha value is -6.78. The highest BCUT2D eigenvalue weighted by Gasteiger charge is 2.46. The van der Waals surface area contributed by atoms with E-state index in [1.165, 1.54) is 67.2 Å². The molecule has 8 aromatic rings. The third-order valence-corrected chi connectivity index (χ3v) is 12.1. The van der Waals surface area contributed by atoms with Gasteiger partial charge in [0, 0.05) is 55.3 Å². The van der Waals surface area contributed by atoms with Crippen LogP contribution in [0, 0.1) is 0 Å². The van der Waals surface area contributed by atoms with Crippen LogP contribution >= 0.6 is 0 Å². The fraction of sp³-hybridized carbons (Fsp3) is 0.0588. The number of nitrogens with zero attached hydrogens (tertiary/aromatic N) is 3. The molecule has 3 heterocycles. The summed E-state index contributed by atoms with van der Waals surface area (Å²) >= 11 is 0. The molecule has 0 spiro atoms. The topological polar surface area (TPSA) is 9.72 Å². The van der Waals surface area contributed by atoms with Crippen molar-refractivity contribution in [2.24, 2.45) is 0 Å². The molecule has 0 bridgehead atoms. The third-order valence-electron chi connectivity index (χ3n) is 12.1. The number of hydrogen-bond donors (Lipinski definition) is 0. The Balaban J connectivity index is 1.03. The molecular formula is C51H38BN3. The summed E-state index contributed by atoms with van der Waals surface area (Å²) in [5, 5.41) is 0. The van der Waals surface area contributed by atoms with Crippen molar-refractivity contribution in [3.05, 3.63) is 176 Å². The predicted octanol–water partition coefficient (Wildman–Crippen LogP) is 10.8. The normalized spacial score (nSPS) is 13.5. The van der Waals surface area contributed by atoms with Crippen LogP contribution in [-0.2, 0) is 0 Å². The van der Waals surface area contributed by atoms with E-state index in [0.717, 1.165) is 38.9 Å². The van der Waals surface area contributed by atoms with Crippen molar-refractivity contribution in [1.82, 2.24) is 0 Å². The van der Waals surface area contributed by atoms with Crippen LogP contribution in [0.25, 0.3) is 55.6 Å². The number of rotatable bonds is 5. The summed E-state index contributed by atoms with van der Waals surface area (Å²) in [6.07, 6.45) is 0. The zero-order valence-electron chi connectivity index (χ0n) is 32.1. The van der Waals surface area contributed by atoms with E-state index in [-0.39, 0.29) is 6.71 Å². The highest BCUT2D eigenvalue weighted by molar-refractivity contribution is 7.02. The van der Waals surface area contributed by atoms with E-state index >= 15 is 0 Å². The molecule has 0 unspecified atom stereocenters. The van der Waals surface area contributed by atoms with Crippen molar-refractivity contribution in [2.75, 3.05) is 35.8 Å². The Morgan fingerprint density at radius 2 is 0.618 bits per heavy atom. The molecular weight excluding hydrogens is 665 g/mol. The quantitative estimate of drug-likeness (QED) is 0.165. The van der Waals surface area contributed by atoms with Crippen LogP contribution in [0.2, 0.25) is 0 Å². The predicted molar refractivity (Wildman–Crippen MR) is 235 cm³/mol. The fourth-order valence-electron chi connectivity index (χ4n) is 9.38. The molecule has 4 heteroatoms. The maximum atomic E-state index is 8.99. The van der Waals surface area contributed by atoms with Crippen LogP contribution in [0.4, 0.5) is 34.1 Å². The minimum absolute atomic E-state index is 0.183. The average Bonchev–Trinajstić information content (AvgIpc) is 3.25. The summed E-state index contributed by atoms with van der Waals surface area (Å²) in [4.78, 5) is 7.15. The van der Waals surface area contributed by atoms with Crippen molar-refractivity contribution in [3.63, 3.8) is 0 Å². The summed E-state index contributed by atoms with van der Waals surface area (Å²) in [6.45, 7) is 0.183. The standard InChI is InChI=1S/C51H38BN3/c1-53-43-22-12-24-45-49(43)52-50-44(53)23-13-25-46(50)55(3)48-32-42(31-47(51(48)52)54(45)2)38-21-11-19-36(27-38)35-18-10-20-37(26-35)41-29-39(33-14-6-4-7-15-33)28-40(30-41)34-16-8-5-9-17-34/h4-32H,1-3H3/i10D. The van der Waals surface area contributed by atoms with Crippen LogP contribution in [0.15, 0.2) is 176 Å². The van der Waals surface area contributed by atoms with E-state index in [2.05, 4.69) is 194 Å². The highest BCUT2D eigenvalue weighted by atomic mass is 15.2. The van der Waals surface area contributed by atoms with Crippen molar-refractivity contribution < 1.29 is 1.37 Å². The van der Waals surface area contributed by atoms with Crippen molar-refractivity contribution in [2.45, 2.75) is 0 Å². The van der Waals surface area contributed by atoms with Gasteiger partial charge < -0.3 is 14.7 Å². The summed E-state index contributed by atoms with van der Waals surface area (Å²) in [6, 6.07) is 61.7. The van der Waals surface area contributed by atoms with E-state index in [1.807, 2.05) is 12.1 Å². The molecule has 0 amide bonds. The second kappa shape index (κ2) is 12.1. The van der Waals surface area contributed by atoms with Gasteiger partial charge in [0.2, 0.25) is 0 Å². The van der Waals surface area contributed by atoms with Gasteiger partial charge in [-0.3, -0.25) is 0 Å². The molecule has 0 N–H and O–H groups in total. The Morgan fingerprint density at radius 1 is 0.309 bits per heavy atom. The van der Waals surface area contributed by atoms with Crippen LogP contribution < -0.4 is 31.1 Å². The molecule has 55 heavy (non-hydrogen) atoms. The lowest BCUT2D eigenvalue weighted by Crippen LogP contribution is -2.65. The summed E-state index contributed by atoms with van der Waals surface area (Å²) in [7, 11) is 6.63. The van der Waals surface area contributed by atoms with Gasteiger partial charge in [-0.15, -0.1) is 0 Å². The maximum absolute atomic E-state index is 8.99. The second-order valence-electron chi connectivity index (χ2n) is 15.1. The van der Waals surface area contributed by atoms with Crippen LogP contribution in [0.3, 0.4) is 0 Å². The highest BCUT2D eigenvalue weighted by Crippen LogP contribution is 2.45. The zero-order valence-corrected chi connectivity index (χ0v) is 31.1. The third kappa shape index (κ3) is 4.84. The largest absolute Gasteiger partial charge is 0.345 e. The van der Waals surface area contributed by atoms with E-state index in [4.69, 9.17) is 1.37 Å². The first-order valence-electron chi connectivity index (χ1n) is 19.5. The van der Waals surface area contributed by atoms with Gasteiger partial charge in [-0.1, -0.05) is 109 Å². The first-order chi connectivity index (χ1) is 27.4. The van der Waals surface area contributed by atoms with Gasteiger partial charge in [-0.05, 0) is 139 Å². The number of benzene rings is 8. The Morgan fingerprint density at radius 3 is 1.11 bits per heavy atom. The van der Waals surface area contributed by atoms with E-state index < -0.39 is 0 Å². The molecule has 8 aromatic carbocycles. The average molecular weight is 705 g/mol. The molecule has 0 aliphatic carbocycles. The molecule has 0 atom stereocenters. The summed E-state index contributed by atoms with van der Waals surface area (Å²) < 4.78 is 8.99. The lowest BCUT2D eigenvalue weighted by Gasteiger charge is -2.47. The molecule has 0 radical (unpaired) electrons. The first kappa shape index (κ1) is 30.7. The Labute approximate surface area is 324 Å². The van der Waals surface area contributed by atoms with Gasteiger partial charge in [0.1, 0.15) is 0 Å². The fourth-order valence-corrected chi connectivity index (χ4v) is 9.38. The second-order valence-corrected chi connectivity index (χ2v) is 15.1. The van der Waals surface area contributed by atoms with Crippen LogP contribution in [0.5, 0.6) is 0 Å². The van der Waals surface area contributed by atoms with Gasteiger partial charge in [-0.25, -0.2) is 0 Å². The van der Waals surface area contributed by atoms with Gasteiger partial charge >= 0.3 is 0 Å². The number of hydrogen-bond acceptors (Lipinski definition) is 3. The van der Waals surface area contributed by atoms with Crippen molar-refractivity contribution >= 4 is 57.2 Å². The Kier molecular flexibility index (Phi) is 6.76. The molecule has 3 aliphatic heterocycles. The van der Waals surface area contributed by atoms with Crippen LogP contribution in [0.1, 0.15) is 1.37 Å². The lowest BCUT2D eigenvalue weighted by atomic mass is 9.32. The summed E-state index contributed by atoms with van der Waals surface area (Å²) in [5.74, 6) is 0. The van der Waals surface area contributed by atoms with Gasteiger partial charge in [0.05, 0.1) is 1.37 Å². The van der Waals surface area contributed by atoms with E-state index in [0.29, 0.717) is 6.04 Å². The molecule has 260 valence electrons. The van der Waals surface area contributed by atoms with Crippen LogP contribution in [-0.4, -0.2) is 27.9 Å². The van der Waals surface area contributed by atoms with Crippen molar-refractivity contribution in [1.29, 1.82) is 0 Å².